The predicted octanol–water partition coefficient (Wildman–Crippen LogP) is 3.73. The van der Waals surface area contributed by atoms with Crippen molar-refractivity contribution in [2.75, 3.05) is 45.4 Å². The van der Waals surface area contributed by atoms with E-state index in [1.165, 1.54) is 0 Å². The summed E-state index contributed by atoms with van der Waals surface area (Å²) < 4.78 is 10.5. The molecule has 0 spiro atoms. The molecule has 0 aliphatic carbocycles. The van der Waals surface area contributed by atoms with Gasteiger partial charge in [0.25, 0.3) is 0 Å². The van der Waals surface area contributed by atoms with E-state index in [2.05, 4.69) is 25.9 Å². The molecule has 2 heterocycles. The summed E-state index contributed by atoms with van der Waals surface area (Å²) in [6.45, 7) is 6.65. The Kier molecular flexibility index (Phi) is 7.42. The third kappa shape index (κ3) is 4.64. The van der Waals surface area contributed by atoms with Crippen LogP contribution in [0.15, 0.2) is 36.7 Å². The van der Waals surface area contributed by atoms with Gasteiger partial charge < -0.3 is 24.5 Å². The van der Waals surface area contributed by atoms with Gasteiger partial charge in [-0.2, -0.15) is 0 Å². The monoisotopic (exact) mass is 412 g/mol. The number of aromatic amines is 1. The van der Waals surface area contributed by atoms with Gasteiger partial charge in [-0.15, -0.1) is 0 Å². The molecule has 0 unspecified atom stereocenters. The number of aliphatic hydroxyl groups is 1. The van der Waals surface area contributed by atoms with Gasteiger partial charge in [0.1, 0.15) is 17.8 Å². The molecule has 7 heteroatoms. The van der Waals surface area contributed by atoms with Gasteiger partial charge in [-0.05, 0) is 30.0 Å². The maximum atomic E-state index is 10.8. The summed E-state index contributed by atoms with van der Waals surface area (Å²) >= 11 is 0. The normalized spacial score (nSPS) is 11.9. The average molecular weight is 413 g/mol. The minimum Gasteiger partial charge on any atom is -0.385 e. The van der Waals surface area contributed by atoms with Gasteiger partial charge in [-0.3, -0.25) is 0 Å². The molecule has 0 aliphatic heterocycles. The number of ether oxygens (including phenoxy) is 2. The fourth-order valence-corrected chi connectivity index (χ4v) is 3.68. The molecule has 3 rings (SSSR count). The number of hydrogen-bond acceptors (Lipinski definition) is 6. The zero-order chi connectivity index (χ0) is 21.6. The topological polar surface area (TPSA) is 83.5 Å². The Balaban J connectivity index is 1.94. The molecule has 0 atom stereocenters. The first-order chi connectivity index (χ1) is 14.6. The number of methoxy groups -OCH3 is 2. The molecule has 0 aliphatic rings. The van der Waals surface area contributed by atoms with Crippen molar-refractivity contribution in [3.8, 4) is 11.3 Å². The van der Waals surface area contributed by atoms with Crippen molar-refractivity contribution in [1.29, 1.82) is 0 Å². The number of aromatic nitrogens is 3. The second kappa shape index (κ2) is 10.0. The van der Waals surface area contributed by atoms with Crippen molar-refractivity contribution in [1.82, 2.24) is 15.0 Å². The van der Waals surface area contributed by atoms with Crippen LogP contribution in [0.5, 0.6) is 0 Å². The number of H-pyrrole nitrogens is 1. The van der Waals surface area contributed by atoms with Crippen LogP contribution >= 0.6 is 0 Å². The van der Waals surface area contributed by atoms with Crippen molar-refractivity contribution in [2.24, 2.45) is 0 Å². The Hall–Kier alpha value is -2.48. The predicted molar refractivity (Wildman–Crippen MR) is 120 cm³/mol. The number of fused-ring (bicyclic) bond motifs is 1. The fraction of sp³-hybridized carbons (Fsp3) is 0.478. The lowest BCUT2D eigenvalue weighted by molar-refractivity contribution is 0.0284. The maximum absolute atomic E-state index is 10.8. The molecule has 0 saturated carbocycles. The quantitative estimate of drug-likeness (QED) is 0.499. The summed E-state index contributed by atoms with van der Waals surface area (Å²) in [6, 6.07) is 10.2. The number of rotatable bonds is 11. The van der Waals surface area contributed by atoms with Crippen LogP contribution in [0.4, 0.5) is 5.82 Å². The lowest BCUT2D eigenvalue weighted by Gasteiger charge is -2.25. The van der Waals surface area contributed by atoms with Crippen LogP contribution in [0.3, 0.4) is 0 Å². The van der Waals surface area contributed by atoms with Gasteiger partial charge in [0.15, 0.2) is 0 Å². The molecule has 0 saturated heterocycles. The molecule has 1 aromatic carbocycles. The second-order valence-electron chi connectivity index (χ2n) is 7.43. The van der Waals surface area contributed by atoms with E-state index in [1.54, 1.807) is 20.5 Å². The summed E-state index contributed by atoms with van der Waals surface area (Å²) in [4.78, 5) is 14.5. The van der Waals surface area contributed by atoms with Gasteiger partial charge in [0, 0.05) is 33.0 Å². The molecule has 30 heavy (non-hydrogen) atoms. The highest BCUT2D eigenvalue weighted by atomic mass is 16.5. The first kappa shape index (κ1) is 22.2. The molecule has 2 N–H and O–H groups in total. The van der Waals surface area contributed by atoms with E-state index in [0.29, 0.717) is 39.1 Å². The lowest BCUT2D eigenvalue weighted by Crippen LogP contribution is -2.31. The Morgan fingerprint density at radius 1 is 1.00 bits per heavy atom. The zero-order valence-corrected chi connectivity index (χ0v) is 18.3. The van der Waals surface area contributed by atoms with E-state index in [-0.39, 0.29) is 0 Å². The largest absolute Gasteiger partial charge is 0.385 e. The Bertz CT molecular complexity index is 927. The van der Waals surface area contributed by atoms with Crippen molar-refractivity contribution in [3.05, 3.63) is 42.2 Å². The minimum atomic E-state index is -0.777. The van der Waals surface area contributed by atoms with Crippen LogP contribution in [0.2, 0.25) is 0 Å². The molecule has 3 aromatic rings. The summed E-state index contributed by atoms with van der Waals surface area (Å²) in [5, 5.41) is 11.7. The van der Waals surface area contributed by atoms with Gasteiger partial charge in [-0.1, -0.05) is 38.1 Å². The van der Waals surface area contributed by atoms with Crippen molar-refractivity contribution < 1.29 is 14.6 Å². The zero-order valence-electron chi connectivity index (χ0n) is 18.3. The van der Waals surface area contributed by atoms with Gasteiger partial charge >= 0.3 is 0 Å². The van der Waals surface area contributed by atoms with E-state index >= 15 is 0 Å². The van der Waals surface area contributed by atoms with Crippen LogP contribution < -0.4 is 4.90 Å². The van der Waals surface area contributed by atoms with E-state index in [4.69, 9.17) is 9.47 Å². The number of anilines is 1. The number of nitrogens with zero attached hydrogens (tertiary/aromatic N) is 3. The smallest absolute Gasteiger partial charge is 0.143 e. The van der Waals surface area contributed by atoms with Crippen LogP contribution in [0.25, 0.3) is 22.3 Å². The van der Waals surface area contributed by atoms with Crippen LogP contribution in [-0.2, 0) is 15.1 Å². The Morgan fingerprint density at radius 3 is 2.20 bits per heavy atom. The van der Waals surface area contributed by atoms with Crippen LogP contribution in [0, 0.1) is 0 Å². The standard InChI is InChI=1S/C23H32N4O3/c1-5-23(28,6-2)18-9-7-17(8-10-18)20-15-19-21(26-20)24-16-25-22(19)27(11-13-29-3)12-14-30-4/h7-10,15-16,28H,5-6,11-14H2,1-4H3,(H,24,25,26). The first-order valence-electron chi connectivity index (χ1n) is 10.5. The van der Waals surface area contributed by atoms with Crippen molar-refractivity contribution >= 4 is 16.9 Å². The molecule has 2 aromatic heterocycles. The fourth-order valence-electron chi connectivity index (χ4n) is 3.68. The highest BCUT2D eigenvalue weighted by molar-refractivity contribution is 5.91. The third-order valence-electron chi connectivity index (χ3n) is 5.74. The van der Waals surface area contributed by atoms with E-state index < -0.39 is 5.60 Å². The Labute approximate surface area is 178 Å². The molecule has 0 bridgehead atoms. The highest BCUT2D eigenvalue weighted by Gasteiger charge is 2.24. The van der Waals surface area contributed by atoms with Crippen molar-refractivity contribution in [2.45, 2.75) is 32.3 Å². The van der Waals surface area contributed by atoms with Gasteiger partial charge in [-0.25, -0.2) is 9.97 Å². The SMILES string of the molecule is CCC(O)(CC)c1ccc(-c2cc3c(N(CCOC)CCOC)ncnc3[nH]2)cc1. The molecule has 0 amide bonds. The number of benzene rings is 1. The van der Waals surface area contributed by atoms with E-state index in [0.717, 1.165) is 33.7 Å². The van der Waals surface area contributed by atoms with E-state index in [9.17, 15) is 5.11 Å². The van der Waals surface area contributed by atoms with E-state index in [1.807, 2.05) is 38.1 Å². The second-order valence-corrected chi connectivity index (χ2v) is 7.43. The molecule has 162 valence electrons. The lowest BCUT2D eigenvalue weighted by atomic mass is 9.88. The number of hydrogen-bond donors (Lipinski definition) is 2. The van der Waals surface area contributed by atoms with Gasteiger partial charge in [0.2, 0.25) is 0 Å². The molecule has 0 radical (unpaired) electrons. The van der Waals surface area contributed by atoms with Gasteiger partial charge in [0.05, 0.1) is 24.2 Å². The number of nitrogens with one attached hydrogen (secondary N) is 1. The third-order valence-corrected chi connectivity index (χ3v) is 5.74. The summed E-state index contributed by atoms with van der Waals surface area (Å²) in [5.41, 5.74) is 2.96. The molecule has 0 fully saturated rings. The summed E-state index contributed by atoms with van der Waals surface area (Å²) in [6.07, 6.45) is 2.95. The first-order valence-corrected chi connectivity index (χ1v) is 10.5. The molecular weight excluding hydrogens is 380 g/mol. The average Bonchev–Trinajstić information content (AvgIpc) is 3.23. The summed E-state index contributed by atoms with van der Waals surface area (Å²) in [5.74, 6) is 0.861. The highest BCUT2D eigenvalue weighted by Crippen LogP contribution is 2.32. The Morgan fingerprint density at radius 2 is 1.63 bits per heavy atom. The van der Waals surface area contributed by atoms with Crippen molar-refractivity contribution in [3.63, 3.8) is 0 Å². The van der Waals surface area contributed by atoms with Crippen LogP contribution in [-0.4, -0.2) is 60.6 Å². The molecule has 7 nitrogen and oxygen atoms in total. The maximum Gasteiger partial charge on any atom is 0.143 e. The minimum absolute atomic E-state index is 0.603. The molecular formula is C23H32N4O3. The van der Waals surface area contributed by atoms with Crippen LogP contribution in [0.1, 0.15) is 32.3 Å². The summed E-state index contributed by atoms with van der Waals surface area (Å²) in [7, 11) is 3.39.